The summed E-state index contributed by atoms with van der Waals surface area (Å²) in [7, 11) is 1.84. The fourth-order valence-corrected chi connectivity index (χ4v) is 2.00. The fraction of sp³-hybridized carbons (Fsp3) is 0.438. The largest absolute Gasteiger partial charge is 0.356 e. The van der Waals surface area contributed by atoms with Crippen LogP contribution in [0.15, 0.2) is 28.8 Å². The summed E-state index contributed by atoms with van der Waals surface area (Å²) in [6.45, 7) is 3.33. The van der Waals surface area contributed by atoms with E-state index in [4.69, 9.17) is 4.52 Å². The van der Waals surface area contributed by atoms with Crippen molar-refractivity contribution in [2.24, 2.45) is 0 Å². The topological polar surface area (TPSA) is 80.0 Å². The summed E-state index contributed by atoms with van der Waals surface area (Å²) in [6, 6.07) is 7.96. The summed E-state index contributed by atoms with van der Waals surface area (Å²) in [4.78, 5) is 15.8. The Balaban J connectivity index is 0.00000264. The maximum atomic E-state index is 11.5. The van der Waals surface area contributed by atoms with Crippen LogP contribution in [0.2, 0.25) is 0 Å². The van der Waals surface area contributed by atoms with Gasteiger partial charge in [0, 0.05) is 31.5 Å². The predicted octanol–water partition coefficient (Wildman–Crippen LogP) is 1.99. The van der Waals surface area contributed by atoms with Crippen molar-refractivity contribution in [3.05, 3.63) is 35.7 Å². The molecule has 0 aliphatic rings. The lowest BCUT2D eigenvalue weighted by atomic mass is 10.1. The summed E-state index contributed by atoms with van der Waals surface area (Å²) in [5, 5.41) is 9.75. The first-order valence-corrected chi connectivity index (χ1v) is 7.56. The maximum absolute atomic E-state index is 11.5. The molecule has 126 valence electrons. The van der Waals surface area contributed by atoms with Gasteiger partial charge in [0.2, 0.25) is 5.91 Å². The Labute approximate surface area is 142 Å². The zero-order valence-corrected chi connectivity index (χ0v) is 14.3. The number of nitrogens with one attached hydrogen (secondary N) is 2. The summed E-state index contributed by atoms with van der Waals surface area (Å²) in [6.07, 6.45) is 2.07. The molecule has 6 nitrogen and oxygen atoms in total. The van der Waals surface area contributed by atoms with Crippen LogP contribution in [0.1, 0.15) is 24.7 Å². The third-order valence-corrected chi connectivity index (χ3v) is 3.32. The van der Waals surface area contributed by atoms with Crippen LogP contribution in [0.5, 0.6) is 0 Å². The van der Waals surface area contributed by atoms with Crippen LogP contribution >= 0.6 is 12.4 Å². The monoisotopic (exact) mass is 338 g/mol. The van der Waals surface area contributed by atoms with Gasteiger partial charge in [0.1, 0.15) is 0 Å². The van der Waals surface area contributed by atoms with Crippen molar-refractivity contribution in [2.75, 3.05) is 20.1 Å². The molecule has 0 unspecified atom stereocenters. The lowest BCUT2D eigenvalue weighted by molar-refractivity contribution is -0.120. The fourth-order valence-electron chi connectivity index (χ4n) is 2.00. The molecule has 0 saturated carbocycles. The van der Waals surface area contributed by atoms with Crippen molar-refractivity contribution in [3.8, 4) is 11.5 Å². The molecule has 23 heavy (non-hydrogen) atoms. The van der Waals surface area contributed by atoms with E-state index in [9.17, 15) is 4.79 Å². The second-order valence-corrected chi connectivity index (χ2v) is 5.02. The Bertz CT molecular complexity index is 598. The number of aryl methyl sites for hydroxylation is 1. The molecule has 2 rings (SSSR count). The number of carbonyl (C=O) groups excluding carboxylic acids is 1. The number of hydrogen-bond acceptors (Lipinski definition) is 5. The maximum Gasteiger partial charge on any atom is 0.257 e. The SMILES string of the molecule is CCc1noc(-c2ccc(CCNC(=O)CCNC)cc2)n1.Cl. The number of amides is 1. The average Bonchev–Trinajstić information content (AvgIpc) is 3.02. The van der Waals surface area contributed by atoms with Gasteiger partial charge in [-0.15, -0.1) is 12.4 Å². The zero-order chi connectivity index (χ0) is 15.8. The summed E-state index contributed by atoms with van der Waals surface area (Å²) >= 11 is 0. The molecule has 1 aromatic carbocycles. The molecular weight excluding hydrogens is 316 g/mol. The van der Waals surface area contributed by atoms with Crippen molar-refractivity contribution in [1.82, 2.24) is 20.8 Å². The molecular formula is C16H23ClN4O2. The number of carbonyl (C=O) groups is 1. The van der Waals surface area contributed by atoms with E-state index in [1.165, 1.54) is 0 Å². The Kier molecular flexibility index (Phi) is 8.29. The van der Waals surface area contributed by atoms with E-state index in [0.717, 1.165) is 24.0 Å². The van der Waals surface area contributed by atoms with Crippen LogP contribution in [0.4, 0.5) is 0 Å². The van der Waals surface area contributed by atoms with E-state index in [0.29, 0.717) is 31.2 Å². The van der Waals surface area contributed by atoms with Crippen LogP contribution < -0.4 is 10.6 Å². The average molecular weight is 339 g/mol. The molecule has 0 aliphatic heterocycles. The normalized spacial score (nSPS) is 10.2. The quantitative estimate of drug-likeness (QED) is 0.769. The zero-order valence-electron chi connectivity index (χ0n) is 13.5. The Morgan fingerprint density at radius 2 is 1.96 bits per heavy atom. The summed E-state index contributed by atoms with van der Waals surface area (Å²) in [5.74, 6) is 1.33. The van der Waals surface area contributed by atoms with E-state index in [1.807, 2.05) is 38.2 Å². The molecule has 1 aromatic heterocycles. The highest BCUT2D eigenvalue weighted by Gasteiger charge is 2.07. The van der Waals surface area contributed by atoms with Gasteiger partial charge in [-0.05, 0) is 31.2 Å². The molecule has 0 radical (unpaired) electrons. The second-order valence-electron chi connectivity index (χ2n) is 5.02. The molecule has 0 aliphatic carbocycles. The Morgan fingerprint density at radius 3 is 2.57 bits per heavy atom. The third-order valence-electron chi connectivity index (χ3n) is 3.32. The first kappa shape index (κ1) is 19.1. The van der Waals surface area contributed by atoms with Crippen molar-refractivity contribution < 1.29 is 9.32 Å². The minimum absolute atomic E-state index is 0. The third kappa shape index (κ3) is 6.00. The van der Waals surface area contributed by atoms with Gasteiger partial charge in [-0.3, -0.25) is 4.79 Å². The molecule has 0 saturated heterocycles. The first-order chi connectivity index (χ1) is 10.7. The molecule has 0 fully saturated rings. The standard InChI is InChI=1S/C16H22N4O2.ClH/c1-3-14-19-16(22-20-14)13-6-4-12(5-7-13)8-11-18-15(21)9-10-17-2;/h4-7,17H,3,8-11H2,1-2H3,(H,18,21);1H. The molecule has 1 amide bonds. The number of benzene rings is 1. The molecule has 0 atom stereocenters. The van der Waals surface area contributed by atoms with E-state index in [2.05, 4.69) is 20.8 Å². The van der Waals surface area contributed by atoms with Gasteiger partial charge in [0.05, 0.1) is 0 Å². The van der Waals surface area contributed by atoms with Gasteiger partial charge >= 0.3 is 0 Å². The van der Waals surface area contributed by atoms with Crippen LogP contribution in [-0.4, -0.2) is 36.2 Å². The van der Waals surface area contributed by atoms with Crippen LogP contribution in [0, 0.1) is 0 Å². The van der Waals surface area contributed by atoms with E-state index in [-0.39, 0.29) is 18.3 Å². The molecule has 2 N–H and O–H groups in total. The molecule has 7 heteroatoms. The smallest absolute Gasteiger partial charge is 0.257 e. The second kappa shape index (κ2) is 9.97. The minimum atomic E-state index is 0. The van der Waals surface area contributed by atoms with Crippen LogP contribution in [-0.2, 0) is 17.6 Å². The van der Waals surface area contributed by atoms with E-state index < -0.39 is 0 Å². The number of hydrogen-bond donors (Lipinski definition) is 2. The number of aromatic nitrogens is 2. The van der Waals surface area contributed by atoms with Gasteiger partial charge in [0.15, 0.2) is 5.82 Å². The van der Waals surface area contributed by atoms with Gasteiger partial charge in [-0.25, -0.2) is 0 Å². The van der Waals surface area contributed by atoms with Gasteiger partial charge in [-0.2, -0.15) is 4.98 Å². The van der Waals surface area contributed by atoms with Crippen LogP contribution in [0.3, 0.4) is 0 Å². The van der Waals surface area contributed by atoms with Crippen LogP contribution in [0.25, 0.3) is 11.5 Å². The molecule has 0 bridgehead atoms. The van der Waals surface area contributed by atoms with Gasteiger partial charge in [-0.1, -0.05) is 24.2 Å². The Morgan fingerprint density at radius 1 is 1.22 bits per heavy atom. The summed E-state index contributed by atoms with van der Waals surface area (Å²) < 4.78 is 5.21. The lowest BCUT2D eigenvalue weighted by Gasteiger charge is -2.05. The molecule has 1 heterocycles. The highest BCUT2D eigenvalue weighted by atomic mass is 35.5. The van der Waals surface area contributed by atoms with Crippen molar-refractivity contribution in [3.63, 3.8) is 0 Å². The minimum Gasteiger partial charge on any atom is -0.356 e. The lowest BCUT2D eigenvalue weighted by Crippen LogP contribution is -2.28. The highest BCUT2D eigenvalue weighted by Crippen LogP contribution is 2.18. The first-order valence-electron chi connectivity index (χ1n) is 7.56. The van der Waals surface area contributed by atoms with Crippen molar-refractivity contribution in [1.29, 1.82) is 0 Å². The van der Waals surface area contributed by atoms with Crippen molar-refractivity contribution in [2.45, 2.75) is 26.2 Å². The van der Waals surface area contributed by atoms with Gasteiger partial charge < -0.3 is 15.2 Å². The van der Waals surface area contributed by atoms with E-state index in [1.54, 1.807) is 0 Å². The number of halogens is 1. The number of rotatable bonds is 8. The van der Waals surface area contributed by atoms with Crippen molar-refractivity contribution >= 4 is 18.3 Å². The molecule has 0 spiro atoms. The number of nitrogens with zero attached hydrogens (tertiary/aromatic N) is 2. The summed E-state index contributed by atoms with van der Waals surface area (Å²) in [5.41, 5.74) is 2.07. The van der Waals surface area contributed by atoms with E-state index >= 15 is 0 Å². The van der Waals surface area contributed by atoms with Gasteiger partial charge in [0.25, 0.3) is 5.89 Å². The highest BCUT2D eigenvalue weighted by molar-refractivity contribution is 5.85. The predicted molar refractivity (Wildman–Crippen MR) is 91.6 cm³/mol. The molecule has 2 aromatic rings. The Hall–Kier alpha value is -1.92.